The number of ketones is 1. The number of hydrogen-bond donors (Lipinski definition) is 1. The van der Waals surface area contributed by atoms with E-state index in [2.05, 4.69) is 0 Å². The Labute approximate surface area is 152 Å². The monoisotopic (exact) mass is 362 g/mol. The number of phenols is 1. The molecule has 2 rings (SSSR count). The summed E-state index contributed by atoms with van der Waals surface area (Å²) in [6.45, 7) is 0.0439. The van der Waals surface area contributed by atoms with Crippen molar-refractivity contribution in [2.45, 2.75) is 6.61 Å². The molecule has 0 aromatic heterocycles. The molecule has 0 saturated heterocycles. The molecule has 0 fully saturated rings. The van der Waals surface area contributed by atoms with Crippen molar-refractivity contribution < 1.29 is 33.6 Å². The highest BCUT2D eigenvalue weighted by molar-refractivity contribution is 6.00. The minimum absolute atomic E-state index is 0.0508. The Hall–Kier alpha value is -2.61. The topological polar surface area (TPSA) is 83.5 Å². The van der Waals surface area contributed by atoms with Crippen molar-refractivity contribution in [1.82, 2.24) is 0 Å². The van der Waals surface area contributed by atoms with Crippen molar-refractivity contribution in [3.63, 3.8) is 0 Å². The second-order valence-corrected chi connectivity index (χ2v) is 5.32. The maximum atomic E-state index is 12.5. The molecule has 7 nitrogen and oxygen atoms in total. The fraction of sp³-hybridized carbons (Fsp3) is 0.316. The van der Waals surface area contributed by atoms with Crippen LogP contribution in [0.4, 0.5) is 0 Å². The van der Waals surface area contributed by atoms with Gasteiger partial charge in [0.1, 0.15) is 12.4 Å². The van der Waals surface area contributed by atoms with Gasteiger partial charge in [0, 0.05) is 20.3 Å². The van der Waals surface area contributed by atoms with Crippen molar-refractivity contribution in [3.8, 4) is 17.2 Å². The van der Waals surface area contributed by atoms with Crippen LogP contribution in [0.1, 0.15) is 15.9 Å². The van der Waals surface area contributed by atoms with E-state index in [4.69, 9.17) is 23.7 Å². The van der Waals surface area contributed by atoms with Crippen LogP contribution in [0.5, 0.6) is 17.2 Å². The first-order valence-corrected chi connectivity index (χ1v) is 7.91. The Morgan fingerprint density at radius 1 is 0.962 bits per heavy atom. The third-order valence-electron chi connectivity index (χ3n) is 3.37. The molecule has 0 aliphatic rings. The molecule has 7 heteroatoms. The van der Waals surface area contributed by atoms with Crippen LogP contribution in [0.25, 0.3) is 0 Å². The van der Waals surface area contributed by atoms with Gasteiger partial charge in [-0.25, -0.2) is 0 Å². The van der Waals surface area contributed by atoms with Gasteiger partial charge in [0.05, 0.1) is 12.2 Å². The van der Waals surface area contributed by atoms with Crippen LogP contribution in [0.3, 0.4) is 0 Å². The number of Topliss-reactive ketones (excluding diaryl/α,β-unsaturated/α-hetero) is 1. The third-order valence-corrected chi connectivity index (χ3v) is 3.37. The van der Waals surface area contributed by atoms with Gasteiger partial charge >= 0.3 is 0 Å². The normalized spacial score (nSPS) is 10.5. The molecule has 2 aromatic rings. The first-order chi connectivity index (χ1) is 12.7. The van der Waals surface area contributed by atoms with Crippen LogP contribution in [0, 0.1) is 0 Å². The predicted octanol–water partition coefficient (Wildman–Crippen LogP) is 2.76. The van der Waals surface area contributed by atoms with Gasteiger partial charge in [0.25, 0.3) is 0 Å². The zero-order valence-corrected chi connectivity index (χ0v) is 14.8. The second kappa shape index (κ2) is 10.4. The first kappa shape index (κ1) is 19.7. The highest BCUT2D eigenvalue weighted by Crippen LogP contribution is 2.34. The Bertz CT molecular complexity index is 701. The summed E-state index contributed by atoms with van der Waals surface area (Å²) in [6.07, 6.45) is 0. The van der Waals surface area contributed by atoms with Crippen molar-refractivity contribution in [2.24, 2.45) is 0 Å². The molecular formula is C19H22O7. The number of ether oxygens (including phenoxy) is 5. The lowest BCUT2D eigenvalue weighted by atomic mass is 10.1. The molecule has 0 saturated carbocycles. The van der Waals surface area contributed by atoms with E-state index in [-0.39, 0.29) is 48.8 Å². The molecule has 0 heterocycles. The van der Waals surface area contributed by atoms with Gasteiger partial charge in [-0.05, 0) is 11.6 Å². The molecule has 1 N–H and O–H groups in total. The molecule has 140 valence electrons. The highest BCUT2D eigenvalue weighted by Gasteiger charge is 2.18. The van der Waals surface area contributed by atoms with E-state index in [0.29, 0.717) is 6.61 Å². The van der Waals surface area contributed by atoms with Crippen molar-refractivity contribution in [2.75, 3.05) is 34.4 Å². The third kappa shape index (κ3) is 5.73. The minimum atomic E-state index is -0.333. The maximum absolute atomic E-state index is 12.5. The molecule has 0 aliphatic heterocycles. The quantitative estimate of drug-likeness (QED) is 0.486. The zero-order valence-electron chi connectivity index (χ0n) is 14.8. The maximum Gasteiger partial charge on any atom is 0.192 e. The number of phenolic OH excluding ortho intramolecular Hbond substituents is 1. The van der Waals surface area contributed by atoms with Crippen LogP contribution in [-0.4, -0.2) is 45.3 Å². The van der Waals surface area contributed by atoms with Crippen LogP contribution in [0.15, 0.2) is 42.5 Å². The van der Waals surface area contributed by atoms with Crippen LogP contribution in [0.2, 0.25) is 0 Å². The molecule has 0 aliphatic carbocycles. The Balaban J connectivity index is 2.08. The molecule has 0 radical (unpaired) electrons. The van der Waals surface area contributed by atoms with Gasteiger partial charge in [-0.2, -0.15) is 0 Å². The lowest BCUT2D eigenvalue weighted by Gasteiger charge is -2.14. The summed E-state index contributed by atoms with van der Waals surface area (Å²) in [6, 6.07) is 12.2. The summed E-state index contributed by atoms with van der Waals surface area (Å²) in [5, 5.41) is 10.1. The van der Waals surface area contributed by atoms with Crippen molar-refractivity contribution >= 4 is 5.78 Å². The number of benzene rings is 2. The smallest absolute Gasteiger partial charge is 0.192 e. The van der Waals surface area contributed by atoms with Crippen LogP contribution >= 0.6 is 0 Å². The van der Waals surface area contributed by atoms with Gasteiger partial charge in [0.2, 0.25) is 0 Å². The summed E-state index contributed by atoms with van der Waals surface area (Å²) in [7, 11) is 2.93. The molecule has 0 spiro atoms. The fourth-order valence-corrected chi connectivity index (χ4v) is 2.16. The average molecular weight is 362 g/mol. The molecular weight excluding hydrogens is 340 g/mol. The van der Waals surface area contributed by atoms with E-state index in [1.54, 1.807) is 0 Å². The average Bonchev–Trinajstić information content (AvgIpc) is 2.66. The van der Waals surface area contributed by atoms with Gasteiger partial charge in [-0.15, -0.1) is 0 Å². The Morgan fingerprint density at radius 2 is 1.62 bits per heavy atom. The van der Waals surface area contributed by atoms with E-state index in [1.807, 2.05) is 30.3 Å². The van der Waals surface area contributed by atoms with Crippen molar-refractivity contribution in [1.29, 1.82) is 0 Å². The highest BCUT2D eigenvalue weighted by atomic mass is 16.7. The Kier molecular flexibility index (Phi) is 7.88. The van der Waals surface area contributed by atoms with Gasteiger partial charge in [-0.1, -0.05) is 30.3 Å². The summed E-state index contributed by atoms with van der Waals surface area (Å²) < 4.78 is 25.8. The molecule has 26 heavy (non-hydrogen) atoms. The molecule has 0 unspecified atom stereocenters. The molecule has 2 aromatic carbocycles. The molecule has 0 atom stereocenters. The molecule has 0 bridgehead atoms. The number of aromatic hydroxyl groups is 1. The lowest BCUT2D eigenvalue weighted by molar-refractivity contribution is 0.0437. The number of rotatable bonds is 11. The summed E-state index contributed by atoms with van der Waals surface area (Å²) in [5.41, 5.74) is 1.14. The van der Waals surface area contributed by atoms with E-state index >= 15 is 0 Å². The Morgan fingerprint density at radius 3 is 2.27 bits per heavy atom. The van der Waals surface area contributed by atoms with Crippen molar-refractivity contribution in [3.05, 3.63) is 53.6 Å². The zero-order chi connectivity index (χ0) is 18.8. The lowest BCUT2D eigenvalue weighted by Crippen LogP contribution is -2.12. The van der Waals surface area contributed by atoms with Gasteiger partial charge in [-0.3, -0.25) is 4.79 Å². The van der Waals surface area contributed by atoms with Crippen LogP contribution < -0.4 is 9.47 Å². The van der Waals surface area contributed by atoms with Crippen LogP contribution in [-0.2, 0) is 20.8 Å². The molecule has 0 amide bonds. The van der Waals surface area contributed by atoms with E-state index < -0.39 is 0 Å². The number of methoxy groups -OCH3 is 2. The summed E-state index contributed by atoms with van der Waals surface area (Å²) >= 11 is 0. The summed E-state index contributed by atoms with van der Waals surface area (Å²) in [4.78, 5) is 12.5. The van der Waals surface area contributed by atoms with E-state index in [0.717, 1.165) is 5.56 Å². The van der Waals surface area contributed by atoms with E-state index in [9.17, 15) is 9.90 Å². The van der Waals surface area contributed by atoms with Gasteiger partial charge < -0.3 is 28.8 Å². The minimum Gasteiger partial charge on any atom is -0.504 e. The SMILES string of the molecule is COCOc1cc(OCOC)c(C(=O)COCc2ccccc2)cc1O. The fourth-order valence-electron chi connectivity index (χ4n) is 2.16. The summed E-state index contributed by atoms with van der Waals surface area (Å²) in [5.74, 6) is -0.164. The number of hydrogen-bond acceptors (Lipinski definition) is 7. The van der Waals surface area contributed by atoms with Gasteiger partial charge in [0.15, 0.2) is 30.9 Å². The first-order valence-electron chi connectivity index (χ1n) is 7.91. The largest absolute Gasteiger partial charge is 0.504 e. The number of carbonyl (C=O) groups excluding carboxylic acids is 1. The second-order valence-electron chi connectivity index (χ2n) is 5.32. The number of carbonyl (C=O) groups is 1. The predicted molar refractivity (Wildman–Crippen MR) is 93.5 cm³/mol. The van der Waals surface area contributed by atoms with E-state index in [1.165, 1.54) is 26.4 Å². The standard InChI is InChI=1S/C19H22O7/c1-22-12-25-18-9-19(26-13-23-2)16(20)8-15(18)17(21)11-24-10-14-6-4-3-5-7-14/h3-9,20H,10-13H2,1-2H3.